The number of para-hydroxylation sites is 1. The van der Waals surface area contributed by atoms with E-state index in [9.17, 15) is 9.59 Å². The number of hydrogen-bond donors (Lipinski definition) is 4. The molecular formula is C13H16N4O3. The van der Waals surface area contributed by atoms with Crippen LogP contribution < -0.4 is 16.9 Å². The second-order valence-electron chi connectivity index (χ2n) is 4.39. The van der Waals surface area contributed by atoms with Crippen molar-refractivity contribution in [1.82, 2.24) is 10.5 Å². The highest BCUT2D eigenvalue weighted by Crippen LogP contribution is 2.18. The number of fused-ring (bicyclic) bond motifs is 1. The summed E-state index contributed by atoms with van der Waals surface area (Å²) in [6.45, 7) is -0.383. The number of benzene rings is 1. The number of amides is 2. The van der Waals surface area contributed by atoms with E-state index in [2.05, 4.69) is 15.3 Å². The van der Waals surface area contributed by atoms with Crippen LogP contribution in [0.1, 0.15) is 5.56 Å². The quantitative estimate of drug-likeness (QED) is 0.534. The molecule has 0 bridgehead atoms. The Hall–Kier alpha value is -2.38. The van der Waals surface area contributed by atoms with Gasteiger partial charge in [-0.3, -0.25) is 14.4 Å². The Morgan fingerprint density at radius 2 is 2.10 bits per heavy atom. The Kier molecular flexibility index (Phi) is 4.34. The average Bonchev–Trinajstić information content (AvgIpc) is 2.81. The lowest BCUT2D eigenvalue weighted by Crippen LogP contribution is -2.42. The lowest BCUT2D eigenvalue weighted by Gasteiger charge is -2.11. The first kappa shape index (κ1) is 14.0. The number of primary amides is 1. The van der Waals surface area contributed by atoms with Crippen LogP contribution in [0.5, 0.6) is 0 Å². The minimum Gasteiger partial charge on any atom is -0.368 e. The SMILES string of the molecule is NC(=O)CONC(=O)[C@@H](N)Cc1c[nH]c2ccccc12. The number of H-pyrrole nitrogens is 1. The summed E-state index contributed by atoms with van der Waals surface area (Å²) >= 11 is 0. The van der Waals surface area contributed by atoms with E-state index >= 15 is 0 Å². The third-order valence-corrected chi connectivity index (χ3v) is 2.84. The maximum Gasteiger partial charge on any atom is 0.260 e. The molecule has 2 amide bonds. The molecule has 20 heavy (non-hydrogen) atoms. The topological polar surface area (TPSA) is 123 Å². The van der Waals surface area contributed by atoms with E-state index in [0.29, 0.717) is 6.42 Å². The van der Waals surface area contributed by atoms with Crippen LogP contribution in [0.25, 0.3) is 10.9 Å². The van der Waals surface area contributed by atoms with Gasteiger partial charge in [-0.05, 0) is 18.1 Å². The van der Waals surface area contributed by atoms with E-state index < -0.39 is 17.9 Å². The molecule has 0 spiro atoms. The zero-order chi connectivity index (χ0) is 14.5. The van der Waals surface area contributed by atoms with Crippen LogP contribution >= 0.6 is 0 Å². The van der Waals surface area contributed by atoms with Crippen LogP contribution in [0, 0.1) is 0 Å². The van der Waals surface area contributed by atoms with Crippen molar-refractivity contribution in [2.75, 3.05) is 6.61 Å². The van der Waals surface area contributed by atoms with E-state index in [4.69, 9.17) is 11.5 Å². The van der Waals surface area contributed by atoms with Crippen LogP contribution in [0.4, 0.5) is 0 Å². The number of nitrogens with two attached hydrogens (primary N) is 2. The van der Waals surface area contributed by atoms with Crippen LogP contribution in [-0.2, 0) is 20.8 Å². The number of carbonyl (C=O) groups is 2. The normalized spacial score (nSPS) is 12.2. The van der Waals surface area contributed by atoms with Crippen LogP contribution in [-0.4, -0.2) is 29.4 Å². The molecule has 0 aliphatic heterocycles. The van der Waals surface area contributed by atoms with Gasteiger partial charge < -0.3 is 16.5 Å². The molecule has 0 unspecified atom stereocenters. The van der Waals surface area contributed by atoms with Crippen molar-refractivity contribution in [3.8, 4) is 0 Å². The average molecular weight is 276 g/mol. The Morgan fingerprint density at radius 1 is 1.35 bits per heavy atom. The summed E-state index contributed by atoms with van der Waals surface area (Å²) in [5.41, 5.74) is 14.7. The third-order valence-electron chi connectivity index (χ3n) is 2.84. The molecule has 1 heterocycles. The number of nitrogens with one attached hydrogen (secondary N) is 2. The van der Waals surface area contributed by atoms with E-state index in [1.54, 1.807) is 0 Å². The maximum absolute atomic E-state index is 11.7. The van der Waals surface area contributed by atoms with Crippen molar-refractivity contribution in [2.45, 2.75) is 12.5 Å². The first-order valence-corrected chi connectivity index (χ1v) is 6.08. The lowest BCUT2D eigenvalue weighted by atomic mass is 10.1. The highest BCUT2D eigenvalue weighted by molar-refractivity contribution is 5.85. The molecule has 7 nitrogen and oxygen atoms in total. The molecule has 2 rings (SSSR count). The van der Waals surface area contributed by atoms with Gasteiger partial charge in [-0.2, -0.15) is 0 Å². The number of carbonyl (C=O) groups excluding carboxylic acids is 2. The molecule has 1 aromatic carbocycles. The number of hydroxylamine groups is 1. The summed E-state index contributed by atoms with van der Waals surface area (Å²) in [5.74, 6) is -1.17. The molecule has 0 fully saturated rings. The summed E-state index contributed by atoms with van der Waals surface area (Å²) < 4.78 is 0. The van der Waals surface area contributed by atoms with E-state index in [1.807, 2.05) is 30.5 Å². The van der Waals surface area contributed by atoms with Crippen molar-refractivity contribution >= 4 is 22.7 Å². The summed E-state index contributed by atoms with van der Waals surface area (Å²) in [7, 11) is 0. The fraction of sp³-hybridized carbons (Fsp3) is 0.231. The largest absolute Gasteiger partial charge is 0.368 e. The molecule has 6 N–H and O–H groups in total. The highest BCUT2D eigenvalue weighted by atomic mass is 16.7. The number of aromatic amines is 1. The second-order valence-corrected chi connectivity index (χ2v) is 4.39. The van der Waals surface area contributed by atoms with Gasteiger partial charge in [0.25, 0.3) is 5.91 Å². The predicted octanol–water partition coefficient (Wildman–Crippen LogP) is -0.429. The van der Waals surface area contributed by atoms with Gasteiger partial charge >= 0.3 is 0 Å². The van der Waals surface area contributed by atoms with Gasteiger partial charge in [0.2, 0.25) is 5.91 Å². The van der Waals surface area contributed by atoms with E-state index in [0.717, 1.165) is 16.5 Å². The van der Waals surface area contributed by atoms with Crippen LogP contribution in [0.15, 0.2) is 30.5 Å². The number of hydrogen-bond acceptors (Lipinski definition) is 4. The first-order valence-electron chi connectivity index (χ1n) is 6.08. The number of rotatable bonds is 6. The van der Waals surface area contributed by atoms with Gasteiger partial charge in [-0.1, -0.05) is 18.2 Å². The van der Waals surface area contributed by atoms with Crippen molar-refractivity contribution in [2.24, 2.45) is 11.5 Å². The monoisotopic (exact) mass is 276 g/mol. The number of aromatic nitrogens is 1. The molecular weight excluding hydrogens is 260 g/mol. The molecule has 0 aliphatic carbocycles. The fourth-order valence-corrected chi connectivity index (χ4v) is 1.88. The van der Waals surface area contributed by atoms with Crippen molar-refractivity contribution in [1.29, 1.82) is 0 Å². The second kappa shape index (κ2) is 6.18. The van der Waals surface area contributed by atoms with E-state index in [1.165, 1.54) is 0 Å². The summed E-state index contributed by atoms with van der Waals surface area (Å²) in [6, 6.07) is 6.96. The minimum atomic E-state index is -0.776. The summed E-state index contributed by atoms with van der Waals surface area (Å²) in [4.78, 5) is 29.9. The molecule has 1 atom stereocenters. The fourth-order valence-electron chi connectivity index (χ4n) is 1.88. The van der Waals surface area contributed by atoms with Gasteiger partial charge in [-0.15, -0.1) is 0 Å². The standard InChI is InChI=1S/C13H16N4O3/c14-10(13(19)17-20-7-12(15)18)5-8-6-16-11-4-2-1-3-9(8)11/h1-4,6,10,16H,5,7,14H2,(H2,15,18)(H,17,19)/t10-/m0/s1. The smallest absolute Gasteiger partial charge is 0.260 e. The summed E-state index contributed by atoms with van der Waals surface area (Å²) in [6.07, 6.45) is 2.18. The molecule has 0 radical (unpaired) electrons. The maximum atomic E-state index is 11.7. The zero-order valence-corrected chi connectivity index (χ0v) is 10.8. The Bertz CT molecular complexity index is 623. The molecule has 1 aromatic heterocycles. The molecule has 2 aromatic rings. The van der Waals surface area contributed by atoms with E-state index in [-0.39, 0.29) is 6.61 Å². The molecule has 7 heteroatoms. The van der Waals surface area contributed by atoms with Gasteiger partial charge in [-0.25, -0.2) is 5.48 Å². The highest BCUT2D eigenvalue weighted by Gasteiger charge is 2.16. The van der Waals surface area contributed by atoms with Gasteiger partial charge in [0.15, 0.2) is 6.61 Å². The Labute approximate surface area is 115 Å². The van der Waals surface area contributed by atoms with Gasteiger partial charge in [0.1, 0.15) is 0 Å². The Balaban J connectivity index is 1.95. The predicted molar refractivity (Wildman–Crippen MR) is 73.3 cm³/mol. The summed E-state index contributed by atoms with van der Waals surface area (Å²) in [5, 5.41) is 1.02. The molecule has 0 saturated carbocycles. The molecule has 106 valence electrons. The van der Waals surface area contributed by atoms with Crippen LogP contribution in [0.2, 0.25) is 0 Å². The zero-order valence-electron chi connectivity index (χ0n) is 10.8. The van der Waals surface area contributed by atoms with Crippen molar-refractivity contribution in [3.63, 3.8) is 0 Å². The molecule has 0 aliphatic rings. The minimum absolute atomic E-state index is 0.357. The third kappa shape index (κ3) is 3.34. The van der Waals surface area contributed by atoms with Crippen LogP contribution in [0.3, 0.4) is 0 Å². The molecule has 0 saturated heterocycles. The van der Waals surface area contributed by atoms with Gasteiger partial charge in [0, 0.05) is 17.1 Å². The Morgan fingerprint density at radius 3 is 2.85 bits per heavy atom. The van der Waals surface area contributed by atoms with Crippen molar-refractivity contribution < 1.29 is 14.4 Å². The van der Waals surface area contributed by atoms with Gasteiger partial charge in [0.05, 0.1) is 6.04 Å². The van der Waals surface area contributed by atoms with Crippen molar-refractivity contribution in [3.05, 3.63) is 36.0 Å². The lowest BCUT2D eigenvalue weighted by molar-refractivity contribution is -0.138. The first-order chi connectivity index (χ1) is 9.58.